The van der Waals surface area contributed by atoms with Gasteiger partial charge in [0.1, 0.15) is 6.07 Å². The van der Waals surface area contributed by atoms with Crippen molar-refractivity contribution in [3.63, 3.8) is 0 Å². The van der Waals surface area contributed by atoms with E-state index in [0.717, 1.165) is 22.4 Å². The van der Waals surface area contributed by atoms with Crippen LogP contribution in [0.15, 0.2) is 48.5 Å². The maximum atomic E-state index is 8.84. The van der Waals surface area contributed by atoms with Gasteiger partial charge in [-0.1, -0.05) is 30.3 Å². The molecule has 0 saturated heterocycles. The molecule has 0 fully saturated rings. The quantitative estimate of drug-likeness (QED) is 0.784. The minimum atomic E-state index is 0.509. The zero-order chi connectivity index (χ0) is 13.1. The molecule has 0 aliphatic carbocycles. The van der Waals surface area contributed by atoms with Gasteiger partial charge in [-0.3, -0.25) is 0 Å². The summed E-state index contributed by atoms with van der Waals surface area (Å²) in [5.41, 5.74) is 3.17. The zero-order valence-corrected chi connectivity index (χ0v) is 10.9. The van der Waals surface area contributed by atoms with Crippen LogP contribution in [0.2, 0.25) is 0 Å². The lowest BCUT2D eigenvalue weighted by molar-refractivity contribution is 1.15. The van der Waals surface area contributed by atoms with E-state index in [4.69, 9.17) is 5.26 Å². The van der Waals surface area contributed by atoms with Crippen LogP contribution in [0.1, 0.15) is 10.6 Å². The molecule has 3 rings (SSSR count). The summed E-state index contributed by atoms with van der Waals surface area (Å²) >= 11 is 1.42. The molecule has 0 aliphatic heterocycles. The Labute approximate surface area is 115 Å². The minimum absolute atomic E-state index is 0.509. The van der Waals surface area contributed by atoms with Gasteiger partial charge in [0.05, 0.1) is 10.2 Å². The van der Waals surface area contributed by atoms with Crippen LogP contribution in [0, 0.1) is 11.3 Å². The summed E-state index contributed by atoms with van der Waals surface area (Å²) < 4.78 is 1.04. The van der Waals surface area contributed by atoms with Crippen molar-refractivity contribution in [2.24, 2.45) is 0 Å². The molecule has 4 heteroatoms. The largest absolute Gasteiger partial charge is 0.381 e. The summed E-state index contributed by atoms with van der Waals surface area (Å²) in [6.45, 7) is 0.788. The molecule has 92 valence electrons. The van der Waals surface area contributed by atoms with Crippen LogP contribution >= 0.6 is 11.3 Å². The third-order valence-electron chi connectivity index (χ3n) is 2.82. The van der Waals surface area contributed by atoms with E-state index in [-0.39, 0.29) is 0 Å². The van der Waals surface area contributed by atoms with Crippen LogP contribution in [0.25, 0.3) is 10.2 Å². The topological polar surface area (TPSA) is 48.7 Å². The molecule has 0 amide bonds. The minimum Gasteiger partial charge on any atom is -0.381 e. The molecule has 0 unspecified atom stereocenters. The van der Waals surface area contributed by atoms with Crippen LogP contribution in [0.5, 0.6) is 0 Å². The Kier molecular flexibility index (Phi) is 3.13. The predicted octanol–water partition coefficient (Wildman–Crippen LogP) is 3.78. The van der Waals surface area contributed by atoms with E-state index in [0.29, 0.717) is 5.01 Å². The molecule has 0 atom stereocenters. The molecule has 3 nitrogen and oxygen atoms in total. The Morgan fingerprint density at radius 3 is 2.79 bits per heavy atom. The van der Waals surface area contributed by atoms with E-state index < -0.39 is 0 Å². The number of aromatic nitrogens is 1. The lowest BCUT2D eigenvalue weighted by Gasteiger charge is -2.06. The van der Waals surface area contributed by atoms with Crippen LogP contribution in [0.3, 0.4) is 0 Å². The molecule has 0 radical (unpaired) electrons. The molecule has 0 aliphatic rings. The van der Waals surface area contributed by atoms with Gasteiger partial charge in [0.15, 0.2) is 5.01 Å². The SMILES string of the molecule is N#Cc1nc2ccc(NCc3ccccc3)cc2s1. The van der Waals surface area contributed by atoms with Crippen LogP contribution in [0.4, 0.5) is 5.69 Å². The van der Waals surface area contributed by atoms with Crippen molar-refractivity contribution in [3.05, 3.63) is 59.1 Å². The van der Waals surface area contributed by atoms with E-state index in [1.165, 1.54) is 16.9 Å². The number of thiazole rings is 1. The first-order chi connectivity index (χ1) is 9.35. The highest BCUT2D eigenvalue weighted by atomic mass is 32.1. The van der Waals surface area contributed by atoms with E-state index in [9.17, 15) is 0 Å². The number of nitriles is 1. The third kappa shape index (κ3) is 2.56. The van der Waals surface area contributed by atoms with Crippen LogP contribution in [-0.2, 0) is 6.54 Å². The summed E-state index contributed by atoms with van der Waals surface area (Å²) in [5.74, 6) is 0. The Morgan fingerprint density at radius 1 is 1.16 bits per heavy atom. The number of anilines is 1. The smallest absolute Gasteiger partial charge is 0.195 e. The van der Waals surface area contributed by atoms with Gasteiger partial charge < -0.3 is 5.32 Å². The van der Waals surface area contributed by atoms with Crippen molar-refractivity contribution in [2.75, 3.05) is 5.32 Å². The second-order valence-electron chi connectivity index (χ2n) is 4.15. The molecule has 19 heavy (non-hydrogen) atoms. The fourth-order valence-corrected chi connectivity index (χ4v) is 2.68. The van der Waals surface area contributed by atoms with Gasteiger partial charge in [0.25, 0.3) is 0 Å². The van der Waals surface area contributed by atoms with Gasteiger partial charge in [0.2, 0.25) is 0 Å². The number of fused-ring (bicyclic) bond motifs is 1. The van der Waals surface area contributed by atoms with Gasteiger partial charge in [-0.2, -0.15) is 5.26 Å². The molecular weight excluding hydrogens is 254 g/mol. The summed E-state index contributed by atoms with van der Waals surface area (Å²) in [6, 6.07) is 18.3. The average Bonchev–Trinajstić information content (AvgIpc) is 2.88. The lowest BCUT2D eigenvalue weighted by Crippen LogP contribution is -1.98. The molecular formula is C15H11N3S. The zero-order valence-electron chi connectivity index (χ0n) is 10.1. The fourth-order valence-electron chi connectivity index (χ4n) is 1.88. The van der Waals surface area contributed by atoms with Crippen LogP contribution in [-0.4, -0.2) is 4.98 Å². The summed E-state index contributed by atoms with van der Waals surface area (Å²) in [5, 5.41) is 12.7. The van der Waals surface area contributed by atoms with Crippen molar-refractivity contribution in [3.8, 4) is 6.07 Å². The fraction of sp³-hybridized carbons (Fsp3) is 0.0667. The number of nitrogens with one attached hydrogen (secondary N) is 1. The summed E-state index contributed by atoms with van der Waals surface area (Å²) in [4.78, 5) is 4.22. The second kappa shape index (κ2) is 5.09. The van der Waals surface area contributed by atoms with E-state index >= 15 is 0 Å². The van der Waals surface area contributed by atoms with Gasteiger partial charge in [0, 0.05) is 12.2 Å². The number of rotatable bonds is 3. The normalized spacial score (nSPS) is 10.3. The first-order valence-corrected chi connectivity index (χ1v) is 6.75. The summed E-state index contributed by atoms with van der Waals surface area (Å²) in [7, 11) is 0. The molecule has 3 aromatic rings. The predicted molar refractivity (Wildman–Crippen MR) is 78.1 cm³/mol. The van der Waals surface area contributed by atoms with Crippen molar-refractivity contribution in [2.45, 2.75) is 6.54 Å². The molecule has 0 spiro atoms. The molecule has 0 bridgehead atoms. The van der Waals surface area contributed by atoms with Crippen molar-refractivity contribution >= 4 is 27.2 Å². The molecule has 0 saturated carbocycles. The van der Waals surface area contributed by atoms with Gasteiger partial charge >= 0.3 is 0 Å². The monoisotopic (exact) mass is 265 g/mol. The molecule has 2 aromatic carbocycles. The van der Waals surface area contributed by atoms with Crippen molar-refractivity contribution in [1.82, 2.24) is 4.98 Å². The molecule has 1 heterocycles. The molecule has 1 N–H and O–H groups in total. The van der Waals surface area contributed by atoms with Crippen molar-refractivity contribution < 1.29 is 0 Å². The Bertz CT molecular complexity index is 741. The molecule has 1 aromatic heterocycles. The maximum absolute atomic E-state index is 8.84. The van der Waals surface area contributed by atoms with E-state index in [1.54, 1.807) is 0 Å². The van der Waals surface area contributed by atoms with Gasteiger partial charge in [-0.15, -0.1) is 11.3 Å². The van der Waals surface area contributed by atoms with Gasteiger partial charge in [-0.05, 0) is 23.8 Å². The Morgan fingerprint density at radius 2 is 2.00 bits per heavy atom. The lowest BCUT2D eigenvalue weighted by atomic mass is 10.2. The number of benzene rings is 2. The summed E-state index contributed by atoms with van der Waals surface area (Å²) in [6.07, 6.45) is 0. The Balaban J connectivity index is 1.80. The second-order valence-corrected chi connectivity index (χ2v) is 5.18. The number of nitrogens with zero attached hydrogens (tertiary/aromatic N) is 2. The van der Waals surface area contributed by atoms with Crippen LogP contribution < -0.4 is 5.32 Å². The maximum Gasteiger partial charge on any atom is 0.195 e. The van der Waals surface area contributed by atoms with E-state index in [2.05, 4.69) is 28.5 Å². The average molecular weight is 265 g/mol. The van der Waals surface area contributed by atoms with Crippen molar-refractivity contribution in [1.29, 1.82) is 5.26 Å². The first kappa shape index (κ1) is 11.7. The Hall–Kier alpha value is -2.38. The van der Waals surface area contributed by atoms with E-state index in [1.807, 2.05) is 36.4 Å². The third-order valence-corrected chi connectivity index (χ3v) is 3.75. The highest BCUT2D eigenvalue weighted by Gasteiger charge is 2.03. The highest BCUT2D eigenvalue weighted by Crippen LogP contribution is 2.25. The number of hydrogen-bond acceptors (Lipinski definition) is 4. The first-order valence-electron chi connectivity index (χ1n) is 5.93. The van der Waals surface area contributed by atoms with Gasteiger partial charge in [-0.25, -0.2) is 4.98 Å². The number of hydrogen-bond donors (Lipinski definition) is 1. The standard InChI is InChI=1S/C15H11N3S/c16-9-15-18-13-7-6-12(8-14(13)19-15)17-10-11-4-2-1-3-5-11/h1-8,17H,10H2. The highest BCUT2D eigenvalue weighted by molar-refractivity contribution is 7.19.